The number of rotatable bonds is 7. The number of piperazine rings is 1. The minimum Gasteiger partial charge on any atom is -0.508 e. The van der Waals surface area contributed by atoms with Crippen LogP contribution in [0.15, 0.2) is 30.5 Å². The van der Waals surface area contributed by atoms with Gasteiger partial charge in [-0.25, -0.2) is 4.39 Å². The molecule has 4 aromatic rings. The zero-order valence-electron chi connectivity index (χ0n) is 25.5. The summed E-state index contributed by atoms with van der Waals surface area (Å²) in [5, 5.41) is 16.8. The van der Waals surface area contributed by atoms with Crippen LogP contribution in [0.4, 0.5) is 10.2 Å². The zero-order valence-corrected chi connectivity index (χ0v) is 25.5. The van der Waals surface area contributed by atoms with E-state index in [0.717, 1.165) is 82.1 Å². The van der Waals surface area contributed by atoms with Crippen LogP contribution in [0.2, 0.25) is 0 Å². The number of aromatic hydroxyl groups is 1. The molecule has 2 aromatic carbocycles. The Kier molecular flexibility index (Phi) is 6.79. The Hall–Kier alpha value is -3.60. The minimum atomic E-state index is -0.508. The van der Waals surface area contributed by atoms with E-state index in [9.17, 15) is 5.11 Å². The molecule has 1 aliphatic carbocycles. The fourth-order valence-corrected chi connectivity index (χ4v) is 8.70. The molecule has 4 bridgehead atoms. The third-order valence-electron chi connectivity index (χ3n) is 10.8. The number of aromatic nitrogens is 3. The van der Waals surface area contributed by atoms with Gasteiger partial charge in [-0.1, -0.05) is 12.1 Å². The van der Waals surface area contributed by atoms with E-state index in [4.69, 9.17) is 19.4 Å². The molecule has 4 atom stereocenters. The molecule has 4 saturated heterocycles. The number of phenols is 1. The van der Waals surface area contributed by atoms with Crippen molar-refractivity contribution in [2.24, 2.45) is 0 Å². The summed E-state index contributed by atoms with van der Waals surface area (Å²) in [5.41, 5.74) is 3.52. The van der Waals surface area contributed by atoms with Gasteiger partial charge in [0.25, 0.3) is 0 Å². The van der Waals surface area contributed by atoms with Gasteiger partial charge < -0.3 is 24.8 Å². The highest BCUT2D eigenvalue weighted by atomic mass is 19.1. The number of fused-ring (bicyclic) bond motifs is 8. The average molecular weight is 611 g/mol. The smallest absolute Gasteiger partial charge is 0.319 e. The standard InChI is InChI=1S/C35H39FN6O3/c36-31-32(28-14-26(43)13-21-6-5-20-3-1-4-27(20)30(21)28)37-15-29-33(31)39-35(40-34(29)41-16-22-7-8-23(17-41)38-22)45-12-2-11-42-24-9-10-25(42)19-44-18-24/h5-6,13-15,22-25,38,43H,1-4,7-12,16-19H2/t22-,23+,24?,25?. The number of aryl methyl sites for hydroxylation is 2. The highest BCUT2D eigenvalue weighted by Crippen LogP contribution is 2.41. The summed E-state index contributed by atoms with van der Waals surface area (Å²) in [7, 11) is 0. The van der Waals surface area contributed by atoms with Gasteiger partial charge >= 0.3 is 6.01 Å². The van der Waals surface area contributed by atoms with E-state index in [1.54, 1.807) is 18.3 Å². The van der Waals surface area contributed by atoms with E-state index in [-0.39, 0.29) is 23.0 Å². The van der Waals surface area contributed by atoms with Crippen molar-refractivity contribution in [3.63, 3.8) is 0 Å². The highest BCUT2D eigenvalue weighted by molar-refractivity contribution is 6.02. The number of nitrogens with one attached hydrogen (secondary N) is 1. The molecule has 10 heteroatoms. The molecule has 2 N–H and O–H groups in total. The van der Waals surface area contributed by atoms with Crippen LogP contribution in [0.25, 0.3) is 32.9 Å². The number of hydrogen-bond acceptors (Lipinski definition) is 9. The highest BCUT2D eigenvalue weighted by Gasteiger charge is 2.37. The second kappa shape index (κ2) is 11.0. The minimum absolute atomic E-state index is 0.0918. The maximum absolute atomic E-state index is 16.8. The molecule has 6 heterocycles. The number of morpholine rings is 1. The quantitative estimate of drug-likeness (QED) is 0.288. The van der Waals surface area contributed by atoms with Crippen LogP contribution in [0.5, 0.6) is 11.8 Å². The van der Waals surface area contributed by atoms with Crippen molar-refractivity contribution >= 4 is 27.5 Å². The summed E-state index contributed by atoms with van der Waals surface area (Å²) < 4.78 is 28.8. The van der Waals surface area contributed by atoms with Gasteiger partial charge in [0.05, 0.1) is 25.2 Å². The summed E-state index contributed by atoms with van der Waals surface area (Å²) in [6.45, 7) is 4.63. The first kappa shape index (κ1) is 27.7. The molecule has 0 saturated carbocycles. The number of nitrogens with zero attached hydrogens (tertiary/aromatic N) is 5. The molecule has 45 heavy (non-hydrogen) atoms. The Morgan fingerprint density at radius 3 is 2.67 bits per heavy atom. The largest absolute Gasteiger partial charge is 0.508 e. The first-order chi connectivity index (χ1) is 22.1. The molecule has 2 aromatic heterocycles. The molecule has 5 aliphatic rings. The number of phenolic OH excluding ortho intramolecular Hbond substituents is 1. The van der Waals surface area contributed by atoms with E-state index in [2.05, 4.69) is 26.2 Å². The summed E-state index contributed by atoms with van der Waals surface area (Å²) in [4.78, 5) is 19.1. The van der Waals surface area contributed by atoms with E-state index < -0.39 is 5.82 Å². The first-order valence-electron chi connectivity index (χ1n) is 16.7. The predicted molar refractivity (Wildman–Crippen MR) is 171 cm³/mol. The molecule has 2 unspecified atom stereocenters. The molecule has 0 radical (unpaired) electrons. The van der Waals surface area contributed by atoms with Crippen LogP contribution in [0.3, 0.4) is 0 Å². The summed E-state index contributed by atoms with van der Waals surface area (Å²) in [6, 6.07) is 9.54. The molecule has 4 fully saturated rings. The first-order valence-corrected chi connectivity index (χ1v) is 16.7. The van der Waals surface area contributed by atoms with Crippen LogP contribution >= 0.6 is 0 Å². The van der Waals surface area contributed by atoms with Crippen molar-refractivity contribution in [2.75, 3.05) is 44.4 Å². The fourth-order valence-electron chi connectivity index (χ4n) is 8.70. The van der Waals surface area contributed by atoms with E-state index in [0.29, 0.717) is 47.5 Å². The SMILES string of the molecule is Oc1cc(-c2ncc3c(N4C[C@H]5CC[C@@H](C4)N5)nc(OCCCN4C5CCC4COC5)nc3c2F)c2c3c(ccc2c1)CCC3. The van der Waals surface area contributed by atoms with E-state index in [1.807, 2.05) is 6.07 Å². The van der Waals surface area contributed by atoms with Gasteiger partial charge in [-0.3, -0.25) is 9.88 Å². The third-order valence-corrected chi connectivity index (χ3v) is 10.8. The molecule has 9 rings (SSSR count). The molecule has 0 amide bonds. The molecular formula is C35H39FN6O3. The number of ether oxygens (including phenoxy) is 2. The maximum Gasteiger partial charge on any atom is 0.319 e. The van der Waals surface area contributed by atoms with Gasteiger partial charge in [-0.05, 0) is 85.4 Å². The summed E-state index contributed by atoms with van der Waals surface area (Å²) in [6.07, 6.45) is 10.2. The molecule has 9 nitrogen and oxygen atoms in total. The number of hydrogen-bond donors (Lipinski definition) is 2. The predicted octanol–water partition coefficient (Wildman–Crippen LogP) is 4.75. The Morgan fingerprint density at radius 2 is 1.84 bits per heavy atom. The van der Waals surface area contributed by atoms with E-state index in [1.165, 1.54) is 24.0 Å². The average Bonchev–Trinajstić information content (AvgIpc) is 3.72. The molecule has 0 spiro atoms. The van der Waals surface area contributed by atoms with Gasteiger partial charge in [0, 0.05) is 55.6 Å². The third kappa shape index (κ3) is 4.80. The van der Waals surface area contributed by atoms with Gasteiger partial charge in [-0.2, -0.15) is 9.97 Å². The molecule has 234 valence electrons. The lowest BCUT2D eigenvalue weighted by atomic mass is 9.94. The summed E-state index contributed by atoms with van der Waals surface area (Å²) in [5.74, 6) is 0.264. The maximum atomic E-state index is 16.8. The zero-order chi connectivity index (χ0) is 30.1. The second-order valence-electron chi connectivity index (χ2n) is 13.6. The Bertz CT molecular complexity index is 1770. The van der Waals surface area contributed by atoms with Crippen LogP contribution in [0.1, 0.15) is 49.7 Å². The van der Waals surface area contributed by atoms with Crippen molar-refractivity contribution in [3.8, 4) is 23.0 Å². The Labute approximate surface area is 261 Å². The topological polar surface area (TPSA) is 95.9 Å². The Balaban J connectivity index is 1.09. The van der Waals surface area contributed by atoms with Crippen molar-refractivity contribution in [2.45, 2.75) is 75.5 Å². The van der Waals surface area contributed by atoms with Crippen LogP contribution in [-0.2, 0) is 17.6 Å². The van der Waals surface area contributed by atoms with Gasteiger partial charge in [0.2, 0.25) is 0 Å². The number of anilines is 1. The van der Waals surface area contributed by atoms with Crippen LogP contribution < -0.4 is 15.0 Å². The molecular weight excluding hydrogens is 571 g/mol. The van der Waals surface area contributed by atoms with E-state index >= 15 is 4.39 Å². The lowest BCUT2D eigenvalue weighted by Gasteiger charge is -2.34. The molecule has 4 aliphatic heterocycles. The van der Waals surface area contributed by atoms with Crippen LogP contribution in [0, 0.1) is 5.82 Å². The van der Waals surface area contributed by atoms with Gasteiger partial charge in [0.1, 0.15) is 22.8 Å². The van der Waals surface area contributed by atoms with Crippen molar-refractivity contribution in [3.05, 3.63) is 47.4 Å². The normalized spacial score (nSPS) is 25.8. The van der Waals surface area contributed by atoms with Crippen molar-refractivity contribution in [1.82, 2.24) is 25.2 Å². The van der Waals surface area contributed by atoms with Crippen LogP contribution in [-0.4, -0.2) is 88.6 Å². The number of halogens is 1. The monoisotopic (exact) mass is 610 g/mol. The lowest BCUT2D eigenvalue weighted by Crippen LogP contribution is -2.51. The number of pyridine rings is 1. The lowest BCUT2D eigenvalue weighted by molar-refractivity contribution is -0.0161. The van der Waals surface area contributed by atoms with Gasteiger partial charge in [0.15, 0.2) is 5.82 Å². The van der Waals surface area contributed by atoms with Crippen molar-refractivity contribution < 1.29 is 19.0 Å². The number of benzene rings is 2. The van der Waals surface area contributed by atoms with Gasteiger partial charge in [-0.15, -0.1) is 0 Å². The van der Waals surface area contributed by atoms with Crippen molar-refractivity contribution in [1.29, 1.82) is 0 Å². The summed E-state index contributed by atoms with van der Waals surface area (Å²) >= 11 is 0. The second-order valence-corrected chi connectivity index (χ2v) is 13.6. The Morgan fingerprint density at radius 1 is 1.02 bits per heavy atom. The fraction of sp³-hybridized carbons (Fsp3) is 0.514.